The molecule has 1 atom stereocenters. The molecule has 7 heteroatoms. The van der Waals surface area contributed by atoms with Crippen molar-refractivity contribution in [1.82, 2.24) is 4.90 Å². The Morgan fingerprint density at radius 1 is 1.27 bits per heavy atom. The molecule has 2 aliphatic heterocycles. The first-order chi connectivity index (χ1) is 12.4. The van der Waals surface area contributed by atoms with Crippen LogP contribution in [0.15, 0.2) is 24.3 Å². The van der Waals surface area contributed by atoms with Crippen LogP contribution in [0.1, 0.15) is 35.2 Å². The Morgan fingerprint density at radius 3 is 2.73 bits per heavy atom. The predicted octanol–water partition coefficient (Wildman–Crippen LogP) is 1.61. The second-order valence-electron chi connectivity index (χ2n) is 7.70. The van der Waals surface area contributed by atoms with Crippen molar-refractivity contribution in [2.45, 2.75) is 24.0 Å². The van der Waals surface area contributed by atoms with Gasteiger partial charge in [-0.2, -0.15) is 5.26 Å². The zero-order chi connectivity index (χ0) is 18.4. The molecule has 6 nitrogen and oxygen atoms in total. The number of benzene rings is 1. The van der Waals surface area contributed by atoms with Gasteiger partial charge in [0.1, 0.15) is 4.75 Å². The third-order valence-electron chi connectivity index (χ3n) is 5.91. The fourth-order valence-corrected chi connectivity index (χ4v) is 6.42. The molecule has 0 radical (unpaired) electrons. The van der Waals surface area contributed by atoms with E-state index in [0.717, 1.165) is 6.61 Å². The normalized spacial score (nSPS) is 25.7. The highest BCUT2D eigenvalue weighted by molar-refractivity contribution is 7.93. The highest BCUT2D eigenvalue weighted by Crippen LogP contribution is 2.45. The average Bonchev–Trinajstić information content (AvgIpc) is 3.37. The average molecular weight is 374 g/mol. The van der Waals surface area contributed by atoms with Gasteiger partial charge in [-0.3, -0.25) is 4.79 Å². The summed E-state index contributed by atoms with van der Waals surface area (Å²) in [5.41, 5.74) is 0.849. The van der Waals surface area contributed by atoms with Gasteiger partial charge < -0.3 is 9.64 Å². The van der Waals surface area contributed by atoms with Crippen molar-refractivity contribution in [3.8, 4) is 6.07 Å². The van der Waals surface area contributed by atoms with Gasteiger partial charge in [-0.05, 0) is 43.4 Å². The van der Waals surface area contributed by atoms with Gasteiger partial charge in [0.05, 0.1) is 24.0 Å². The summed E-state index contributed by atoms with van der Waals surface area (Å²) in [6, 6.07) is 8.54. The van der Waals surface area contributed by atoms with Crippen LogP contribution in [0, 0.1) is 23.2 Å². The molecule has 26 heavy (non-hydrogen) atoms. The number of carbonyl (C=O) groups is 1. The first-order valence-corrected chi connectivity index (χ1v) is 10.7. The molecule has 3 fully saturated rings. The van der Waals surface area contributed by atoms with E-state index in [2.05, 4.69) is 0 Å². The molecule has 2 heterocycles. The van der Waals surface area contributed by atoms with Gasteiger partial charge in [0.15, 0.2) is 9.84 Å². The Morgan fingerprint density at radius 2 is 2.04 bits per heavy atom. The largest absolute Gasteiger partial charge is 0.381 e. The standard InChI is InChI=1S/C19H22N2O4S/c20-9-15-2-1-3-16(8-15)18(22)21-12-19(13-21)17(6-7-26(19,23)24)11-25-10-14-4-5-14/h1-3,8,14,17H,4-7,10-13H2/t17-/m0/s1. The van der Waals surface area contributed by atoms with Crippen molar-refractivity contribution in [2.24, 2.45) is 11.8 Å². The van der Waals surface area contributed by atoms with E-state index < -0.39 is 14.6 Å². The number of nitrogens with zero attached hydrogens (tertiary/aromatic N) is 2. The van der Waals surface area contributed by atoms with Gasteiger partial charge in [0, 0.05) is 31.2 Å². The summed E-state index contributed by atoms with van der Waals surface area (Å²) in [7, 11) is -3.22. The smallest absolute Gasteiger partial charge is 0.253 e. The maximum atomic E-state index is 12.7. The van der Waals surface area contributed by atoms with E-state index in [1.165, 1.54) is 12.8 Å². The molecule has 2 saturated heterocycles. The van der Waals surface area contributed by atoms with E-state index in [1.54, 1.807) is 29.2 Å². The number of likely N-dealkylation sites (tertiary alicyclic amines) is 1. The van der Waals surface area contributed by atoms with Gasteiger partial charge in [-0.25, -0.2) is 8.42 Å². The van der Waals surface area contributed by atoms with Gasteiger partial charge in [0.25, 0.3) is 5.91 Å². The number of carbonyl (C=O) groups excluding carboxylic acids is 1. The summed E-state index contributed by atoms with van der Waals surface area (Å²) in [6.07, 6.45) is 3.02. The molecule has 1 saturated carbocycles. The zero-order valence-corrected chi connectivity index (χ0v) is 15.4. The molecular formula is C19H22N2O4S. The van der Waals surface area contributed by atoms with Crippen molar-refractivity contribution in [2.75, 3.05) is 32.1 Å². The second-order valence-corrected chi connectivity index (χ2v) is 10.2. The van der Waals surface area contributed by atoms with Crippen LogP contribution in [-0.4, -0.2) is 56.0 Å². The lowest BCUT2D eigenvalue weighted by Gasteiger charge is -2.49. The molecule has 138 valence electrons. The quantitative estimate of drug-likeness (QED) is 0.781. The van der Waals surface area contributed by atoms with Crippen molar-refractivity contribution in [3.05, 3.63) is 35.4 Å². The van der Waals surface area contributed by atoms with E-state index in [4.69, 9.17) is 10.00 Å². The summed E-state index contributed by atoms with van der Waals surface area (Å²) in [5.74, 6) is 0.570. The number of sulfone groups is 1. The lowest BCUT2D eigenvalue weighted by molar-refractivity contribution is 0.0228. The van der Waals surface area contributed by atoms with Crippen LogP contribution in [0.2, 0.25) is 0 Å². The summed E-state index contributed by atoms with van der Waals surface area (Å²) in [5, 5.41) is 8.98. The highest BCUT2D eigenvalue weighted by atomic mass is 32.2. The van der Waals surface area contributed by atoms with Gasteiger partial charge in [-0.15, -0.1) is 0 Å². The number of ether oxygens (including phenoxy) is 1. The molecule has 1 aliphatic carbocycles. The molecule has 1 aromatic rings. The number of rotatable bonds is 5. The van der Waals surface area contributed by atoms with Crippen molar-refractivity contribution in [1.29, 1.82) is 5.26 Å². The maximum absolute atomic E-state index is 12.7. The number of hydrogen-bond acceptors (Lipinski definition) is 5. The summed E-state index contributed by atoms with van der Waals surface area (Å²) in [4.78, 5) is 14.2. The van der Waals surface area contributed by atoms with Gasteiger partial charge >= 0.3 is 0 Å². The summed E-state index contributed by atoms with van der Waals surface area (Å²) >= 11 is 0. The fourth-order valence-electron chi connectivity index (χ4n) is 4.02. The molecule has 4 rings (SSSR count). The van der Waals surface area contributed by atoms with Crippen molar-refractivity contribution >= 4 is 15.7 Å². The van der Waals surface area contributed by atoms with E-state index in [0.29, 0.717) is 30.1 Å². The minimum absolute atomic E-state index is 0.0410. The van der Waals surface area contributed by atoms with Crippen LogP contribution in [-0.2, 0) is 14.6 Å². The Bertz CT molecular complexity index is 864. The number of amides is 1. The lowest BCUT2D eigenvalue weighted by Crippen LogP contribution is -2.68. The second kappa shape index (κ2) is 6.36. The van der Waals surface area contributed by atoms with Crippen molar-refractivity contribution < 1.29 is 17.9 Å². The zero-order valence-electron chi connectivity index (χ0n) is 14.6. The third kappa shape index (κ3) is 2.91. The Kier molecular flexibility index (Phi) is 4.28. The number of hydrogen-bond donors (Lipinski definition) is 0. The Hall–Kier alpha value is -1.91. The first kappa shape index (κ1) is 17.5. The SMILES string of the molecule is N#Cc1cccc(C(=O)N2CC3(C2)[C@H](COCC2CC2)CCS3(=O)=O)c1. The highest BCUT2D eigenvalue weighted by Gasteiger charge is 2.62. The molecule has 1 aromatic carbocycles. The van der Waals surface area contributed by atoms with Crippen LogP contribution in [0.4, 0.5) is 0 Å². The molecule has 1 amide bonds. The number of nitriles is 1. The monoisotopic (exact) mass is 374 g/mol. The minimum Gasteiger partial charge on any atom is -0.381 e. The first-order valence-electron chi connectivity index (χ1n) is 9.05. The minimum atomic E-state index is -3.22. The lowest BCUT2D eigenvalue weighted by atomic mass is 9.83. The molecule has 1 spiro atoms. The third-order valence-corrected chi connectivity index (χ3v) is 8.51. The molecule has 0 N–H and O–H groups in total. The molecule has 0 unspecified atom stereocenters. The fraction of sp³-hybridized carbons (Fsp3) is 0.579. The molecular weight excluding hydrogens is 352 g/mol. The van der Waals surface area contributed by atoms with Crippen LogP contribution < -0.4 is 0 Å². The van der Waals surface area contributed by atoms with E-state index >= 15 is 0 Å². The summed E-state index contributed by atoms with van der Waals surface area (Å²) < 4.78 is 30.2. The van der Waals surface area contributed by atoms with Gasteiger partial charge in [-0.1, -0.05) is 6.07 Å². The van der Waals surface area contributed by atoms with Crippen LogP contribution in [0.5, 0.6) is 0 Å². The van der Waals surface area contributed by atoms with Gasteiger partial charge in [0.2, 0.25) is 0 Å². The van der Waals surface area contributed by atoms with Crippen molar-refractivity contribution in [3.63, 3.8) is 0 Å². The van der Waals surface area contributed by atoms with E-state index in [9.17, 15) is 13.2 Å². The van der Waals surface area contributed by atoms with E-state index in [-0.39, 0.29) is 30.7 Å². The summed E-state index contributed by atoms with van der Waals surface area (Å²) in [6.45, 7) is 1.63. The van der Waals surface area contributed by atoms with Crippen LogP contribution >= 0.6 is 0 Å². The van der Waals surface area contributed by atoms with Crippen LogP contribution in [0.25, 0.3) is 0 Å². The maximum Gasteiger partial charge on any atom is 0.253 e. The Balaban J connectivity index is 1.45. The van der Waals surface area contributed by atoms with Crippen LogP contribution in [0.3, 0.4) is 0 Å². The topological polar surface area (TPSA) is 87.5 Å². The predicted molar refractivity (Wildman–Crippen MR) is 95.2 cm³/mol. The van der Waals surface area contributed by atoms with E-state index in [1.807, 2.05) is 6.07 Å². The Labute approximate surface area is 153 Å². The molecule has 3 aliphatic rings. The molecule has 0 bridgehead atoms. The molecule has 0 aromatic heterocycles.